The number of amides is 1. The van der Waals surface area contributed by atoms with Crippen LogP contribution in [0.2, 0.25) is 0 Å². The lowest BCUT2D eigenvalue weighted by Gasteiger charge is -2.13. The van der Waals surface area contributed by atoms with E-state index in [9.17, 15) is 18.0 Å². The van der Waals surface area contributed by atoms with E-state index in [1.807, 2.05) is 0 Å². The van der Waals surface area contributed by atoms with Crippen LogP contribution in [0.3, 0.4) is 0 Å². The Morgan fingerprint density at radius 3 is 2.45 bits per heavy atom. The fraction of sp³-hybridized carbons (Fsp3) is 0.462. The van der Waals surface area contributed by atoms with Gasteiger partial charge in [0.1, 0.15) is 5.75 Å². The van der Waals surface area contributed by atoms with Gasteiger partial charge in [0.15, 0.2) is 0 Å². The maximum Gasteiger partial charge on any atom is 0.573 e. The molecular formula is C13H16F3NO3. The first-order valence-corrected chi connectivity index (χ1v) is 6.09. The number of alkyl halides is 3. The average Bonchev–Trinajstić information content (AvgIpc) is 2.35. The van der Waals surface area contributed by atoms with E-state index in [0.717, 1.165) is 12.1 Å². The van der Waals surface area contributed by atoms with Crippen molar-refractivity contribution in [2.24, 2.45) is 0 Å². The first-order chi connectivity index (χ1) is 9.31. The lowest BCUT2D eigenvalue weighted by molar-refractivity contribution is -0.274. The summed E-state index contributed by atoms with van der Waals surface area (Å²) in [6.07, 6.45) is -3.56. The van der Waals surface area contributed by atoms with Crippen molar-refractivity contribution >= 4 is 5.91 Å². The molecule has 0 radical (unpaired) electrons. The Balaban J connectivity index is 2.57. The summed E-state index contributed by atoms with van der Waals surface area (Å²) in [5.41, 5.74) is 0.246. The monoisotopic (exact) mass is 291 g/mol. The second kappa shape index (κ2) is 7.14. The minimum absolute atomic E-state index is 0.0453. The lowest BCUT2D eigenvalue weighted by Crippen LogP contribution is -2.32. The summed E-state index contributed by atoms with van der Waals surface area (Å²) in [6, 6.07) is 4.56. The number of carbonyl (C=O) groups excluding carboxylic acids is 1. The highest BCUT2D eigenvalue weighted by molar-refractivity contribution is 5.94. The fourth-order valence-electron chi connectivity index (χ4n) is 1.58. The first-order valence-electron chi connectivity index (χ1n) is 6.09. The van der Waals surface area contributed by atoms with Gasteiger partial charge in [0, 0.05) is 18.2 Å². The van der Waals surface area contributed by atoms with Crippen molar-refractivity contribution in [3.05, 3.63) is 29.8 Å². The Hall–Kier alpha value is -1.76. The van der Waals surface area contributed by atoms with E-state index in [4.69, 9.17) is 5.11 Å². The standard InChI is InChI=1S/C13H16F3NO3/c1-9(3-2-8-18)17-12(19)10-4-6-11(7-5-10)20-13(14,15)16/h4-7,9,18H,2-3,8H2,1H3,(H,17,19). The van der Waals surface area contributed by atoms with Crippen molar-refractivity contribution < 1.29 is 27.8 Å². The molecule has 112 valence electrons. The molecular weight excluding hydrogens is 275 g/mol. The number of nitrogens with one attached hydrogen (secondary N) is 1. The Morgan fingerprint density at radius 2 is 1.95 bits per heavy atom. The van der Waals surface area contributed by atoms with Gasteiger partial charge in [0.2, 0.25) is 0 Å². The Labute approximate surface area is 114 Å². The van der Waals surface area contributed by atoms with Crippen LogP contribution in [-0.4, -0.2) is 30.0 Å². The average molecular weight is 291 g/mol. The number of halogens is 3. The molecule has 0 bridgehead atoms. The number of aliphatic hydroxyl groups is 1. The van der Waals surface area contributed by atoms with E-state index in [0.29, 0.717) is 12.8 Å². The Bertz CT molecular complexity index is 431. The molecule has 1 atom stereocenters. The second-order valence-corrected chi connectivity index (χ2v) is 4.31. The molecule has 1 rings (SSSR count). The normalized spacial score (nSPS) is 12.8. The summed E-state index contributed by atoms with van der Waals surface area (Å²) >= 11 is 0. The quantitative estimate of drug-likeness (QED) is 0.846. The van der Waals surface area contributed by atoms with Gasteiger partial charge < -0.3 is 15.2 Å². The van der Waals surface area contributed by atoms with E-state index >= 15 is 0 Å². The van der Waals surface area contributed by atoms with Gasteiger partial charge in [0.25, 0.3) is 5.91 Å². The van der Waals surface area contributed by atoms with Crippen molar-refractivity contribution in [3.8, 4) is 5.75 Å². The van der Waals surface area contributed by atoms with Gasteiger partial charge in [-0.15, -0.1) is 13.2 Å². The zero-order chi connectivity index (χ0) is 15.2. The predicted octanol–water partition coefficient (Wildman–Crippen LogP) is 2.48. The summed E-state index contributed by atoms with van der Waals surface area (Å²) in [4.78, 5) is 11.8. The predicted molar refractivity (Wildman–Crippen MR) is 66.4 cm³/mol. The van der Waals surface area contributed by atoms with Gasteiger partial charge in [0.05, 0.1) is 0 Å². The summed E-state index contributed by atoms with van der Waals surface area (Å²) in [5.74, 6) is -0.753. The molecule has 1 aromatic carbocycles. The van der Waals surface area contributed by atoms with Crippen molar-refractivity contribution in [2.45, 2.75) is 32.2 Å². The van der Waals surface area contributed by atoms with Crippen LogP contribution in [-0.2, 0) is 0 Å². The fourth-order valence-corrected chi connectivity index (χ4v) is 1.58. The van der Waals surface area contributed by atoms with E-state index in [1.165, 1.54) is 12.1 Å². The molecule has 1 unspecified atom stereocenters. The van der Waals surface area contributed by atoms with Gasteiger partial charge in [-0.05, 0) is 44.0 Å². The number of hydrogen-bond acceptors (Lipinski definition) is 3. The largest absolute Gasteiger partial charge is 0.573 e. The number of aliphatic hydroxyl groups excluding tert-OH is 1. The molecule has 1 amide bonds. The third-order valence-electron chi connectivity index (χ3n) is 2.52. The highest BCUT2D eigenvalue weighted by Gasteiger charge is 2.31. The minimum Gasteiger partial charge on any atom is -0.406 e. The number of hydrogen-bond donors (Lipinski definition) is 2. The summed E-state index contributed by atoms with van der Waals surface area (Å²) in [7, 11) is 0. The van der Waals surface area contributed by atoms with Gasteiger partial charge in [-0.1, -0.05) is 0 Å². The van der Waals surface area contributed by atoms with Gasteiger partial charge in [-0.2, -0.15) is 0 Å². The highest BCUT2D eigenvalue weighted by Crippen LogP contribution is 2.22. The summed E-state index contributed by atoms with van der Waals surface area (Å²) < 4.78 is 39.6. The molecule has 20 heavy (non-hydrogen) atoms. The molecule has 0 fully saturated rings. The number of benzene rings is 1. The van der Waals surface area contributed by atoms with Crippen molar-refractivity contribution in [1.82, 2.24) is 5.32 Å². The Kier molecular flexibility index (Phi) is 5.82. The number of ether oxygens (including phenoxy) is 1. The van der Waals surface area contributed by atoms with Crippen LogP contribution >= 0.6 is 0 Å². The maximum absolute atomic E-state index is 12.0. The molecule has 0 heterocycles. The lowest BCUT2D eigenvalue weighted by atomic mass is 10.1. The molecule has 0 aliphatic heterocycles. The maximum atomic E-state index is 12.0. The van der Waals surface area contributed by atoms with Crippen LogP contribution < -0.4 is 10.1 Å². The minimum atomic E-state index is -4.75. The summed E-state index contributed by atoms with van der Waals surface area (Å²) in [5, 5.41) is 11.4. The van der Waals surface area contributed by atoms with Crippen LogP contribution in [0, 0.1) is 0 Å². The third kappa shape index (κ3) is 5.92. The molecule has 1 aromatic rings. The molecule has 0 aromatic heterocycles. The molecule has 7 heteroatoms. The molecule has 0 spiro atoms. The van der Waals surface area contributed by atoms with Crippen LogP contribution in [0.4, 0.5) is 13.2 Å². The zero-order valence-corrected chi connectivity index (χ0v) is 10.9. The SMILES string of the molecule is CC(CCCO)NC(=O)c1ccc(OC(F)(F)F)cc1. The topological polar surface area (TPSA) is 58.6 Å². The van der Waals surface area contributed by atoms with Crippen LogP contribution in [0.15, 0.2) is 24.3 Å². The summed E-state index contributed by atoms with van der Waals surface area (Å²) in [6.45, 7) is 1.83. The first kappa shape index (κ1) is 16.3. The molecule has 0 aliphatic carbocycles. The molecule has 0 saturated carbocycles. The van der Waals surface area contributed by atoms with Gasteiger partial charge in [-0.3, -0.25) is 4.79 Å². The second-order valence-electron chi connectivity index (χ2n) is 4.31. The molecule has 4 nitrogen and oxygen atoms in total. The molecule has 2 N–H and O–H groups in total. The number of carbonyl (C=O) groups is 1. The van der Waals surface area contributed by atoms with Gasteiger partial charge >= 0.3 is 6.36 Å². The highest BCUT2D eigenvalue weighted by atomic mass is 19.4. The smallest absolute Gasteiger partial charge is 0.406 e. The van der Waals surface area contributed by atoms with E-state index < -0.39 is 6.36 Å². The number of rotatable bonds is 6. The van der Waals surface area contributed by atoms with Crippen molar-refractivity contribution in [2.75, 3.05) is 6.61 Å². The molecule has 0 saturated heterocycles. The van der Waals surface area contributed by atoms with Crippen LogP contribution in [0.1, 0.15) is 30.1 Å². The van der Waals surface area contributed by atoms with Crippen molar-refractivity contribution in [3.63, 3.8) is 0 Å². The zero-order valence-electron chi connectivity index (χ0n) is 10.9. The van der Waals surface area contributed by atoms with E-state index in [2.05, 4.69) is 10.1 Å². The molecule has 0 aliphatic rings. The van der Waals surface area contributed by atoms with Crippen molar-refractivity contribution in [1.29, 1.82) is 0 Å². The van der Waals surface area contributed by atoms with Crippen LogP contribution in [0.25, 0.3) is 0 Å². The Morgan fingerprint density at radius 1 is 1.35 bits per heavy atom. The third-order valence-corrected chi connectivity index (χ3v) is 2.52. The van der Waals surface area contributed by atoms with Crippen LogP contribution in [0.5, 0.6) is 5.75 Å². The van der Waals surface area contributed by atoms with E-state index in [-0.39, 0.29) is 29.9 Å². The van der Waals surface area contributed by atoms with Gasteiger partial charge in [-0.25, -0.2) is 0 Å². The van der Waals surface area contributed by atoms with E-state index in [1.54, 1.807) is 6.92 Å².